The molecule has 1 N–H and O–H groups in total. The molecule has 0 aromatic carbocycles. The Morgan fingerprint density at radius 2 is 2.31 bits per heavy atom. The summed E-state index contributed by atoms with van der Waals surface area (Å²) in [6.07, 6.45) is 7.15. The van der Waals surface area contributed by atoms with Crippen molar-refractivity contribution in [2.24, 2.45) is 5.92 Å². The van der Waals surface area contributed by atoms with Crippen molar-refractivity contribution < 1.29 is 5.11 Å². The largest absolute Gasteiger partial charge is 0.385 e. The Balaban J connectivity index is 2.76. The number of hydrogen-bond acceptors (Lipinski definition) is 1. The van der Waals surface area contributed by atoms with Crippen LogP contribution in [-0.4, -0.2) is 10.7 Å². The van der Waals surface area contributed by atoms with E-state index in [2.05, 4.69) is 13.2 Å². The molecule has 1 saturated carbocycles. The molecule has 2 atom stereocenters. The zero-order chi connectivity index (χ0) is 9.90. The molecule has 0 radical (unpaired) electrons. The zero-order valence-corrected chi connectivity index (χ0v) is 8.55. The van der Waals surface area contributed by atoms with Gasteiger partial charge in [-0.3, -0.25) is 0 Å². The predicted octanol–water partition coefficient (Wildman–Crippen LogP) is 3.06. The summed E-state index contributed by atoms with van der Waals surface area (Å²) >= 11 is 0. The van der Waals surface area contributed by atoms with E-state index >= 15 is 0 Å². The molecule has 0 aromatic heterocycles. The van der Waals surface area contributed by atoms with Crippen LogP contribution in [0, 0.1) is 5.92 Å². The third-order valence-electron chi connectivity index (χ3n) is 3.23. The van der Waals surface area contributed by atoms with Crippen molar-refractivity contribution >= 4 is 0 Å². The lowest BCUT2D eigenvalue weighted by atomic mass is 9.70. The van der Waals surface area contributed by atoms with Crippen LogP contribution in [0.4, 0.5) is 0 Å². The number of allylic oxidation sites excluding steroid dienone is 1. The fourth-order valence-electron chi connectivity index (χ4n) is 2.30. The third kappa shape index (κ3) is 2.02. The molecule has 0 aliphatic heterocycles. The van der Waals surface area contributed by atoms with Crippen LogP contribution in [0.15, 0.2) is 24.8 Å². The summed E-state index contributed by atoms with van der Waals surface area (Å²) in [6.45, 7) is 9.57. The quantitative estimate of drug-likeness (QED) is 0.662. The first-order valence-electron chi connectivity index (χ1n) is 5.10. The lowest BCUT2D eigenvalue weighted by molar-refractivity contribution is -0.0136. The minimum absolute atomic E-state index is 0.344. The van der Waals surface area contributed by atoms with Crippen LogP contribution in [-0.2, 0) is 0 Å². The van der Waals surface area contributed by atoms with E-state index in [1.165, 1.54) is 6.42 Å². The van der Waals surface area contributed by atoms with Crippen LogP contribution in [0.5, 0.6) is 0 Å². The van der Waals surface area contributed by atoms with Crippen molar-refractivity contribution in [1.82, 2.24) is 0 Å². The molecule has 1 rings (SSSR count). The Kier molecular flexibility index (Phi) is 3.32. The van der Waals surface area contributed by atoms with Crippen LogP contribution in [0.3, 0.4) is 0 Å². The van der Waals surface area contributed by atoms with Crippen LogP contribution in [0.1, 0.15) is 39.0 Å². The van der Waals surface area contributed by atoms with Gasteiger partial charge >= 0.3 is 0 Å². The monoisotopic (exact) mass is 180 g/mol. The first kappa shape index (κ1) is 10.5. The van der Waals surface area contributed by atoms with Crippen LogP contribution in [0.2, 0.25) is 0 Å². The van der Waals surface area contributed by atoms with Gasteiger partial charge in [0.25, 0.3) is 0 Å². The maximum absolute atomic E-state index is 10.4. The Bertz CT molecular complexity index is 207. The zero-order valence-electron chi connectivity index (χ0n) is 8.55. The van der Waals surface area contributed by atoms with E-state index < -0.39 is 5.60 Å². The molecule has 0 bridgehead atoms. The first-order chi connectivity index (χ1) is 6.11. The molecule has 0 spiro atoms. The van der Waals surface area contributed by atoms with E-state index in [1.54, 1.807) is 0 Å². The Hall–Kier alpha value is -0.560. The maximum Gasteiger partial charge on any atom is 0.0882 e. The normalized spacial score (nSPS) is 34.2. The Morgan fingerprint density at radius 3 is 2.85 bits per heavy atom. The van der Waals surface area contributed by atoms with Crippen molar-refractivity contribution in [1.29, 1.82) is 0 Å². The van der Waals surface area contributed by atoms with Gasteiger partial charge in [0.1, 0.15) is 0 Å². The highest BCUT2D eigenvalue weighted by Crippen LogP contribution is 2.40. The molecule has 74 valence electrons. The highest BCUT2D eigenvalue weighted by atomic mass is 16.3. The molecule has 13 heavy (non-hydrogen) atoms. The molecule has 1 heteroatoms. The van der Waals surface area contributed by atoms with Gasteiger partial charge in [-0.25, -0.2) is 0 Å². The molecule has 1 aliphatic rings. The number of aliphatic hydroxyl groups is 1. The Labute approximate surface area is 81.2 Å². The maximum atomic E-state index is 10.4. The summed E-state index contributed by atoms with van der Waals surface area (Å²) in [5.74, 6) is 0.344. The summed E-state index contributed by atoms with van der Waals surface area (Å²) < 4.78 is 0. The first-order valence-corrected chi connectivity index (χ1v) is 5.10. The van der Waals surface area contributed by atoms with Gasteiger partial charge in [-0.15, -0.1) is 6.58 Å². The van der Waals surface area contributed by atoms with E-state index in [4.69, 9.17) is 0 Å². The average molecular weight is 180 g/mol. The van der Waals surface area contributed by atoms with Gasteiger partial charge < -0.3 is 5.11 Å². The molecule has 1 nitrogen and oxygen atoms in total. The van der Waals surface area contributed by atoms with Crippen molar-refractivity contribution in [2.45, 2.75) is 44.6 Å². The lowest BCUT2D eigenvalue weighted by Crippen LogP contribution is -2.41. The van der Waals surface area contributed by atoms with Crippen molar-refractivity contribution in [3.8, 4) is 0 Å². The van der Waals surface area contributed by atoms with E-state index in [9.17, 15) is 5.11 Å². The molecule has 0 aromatic rings. The second kappa shape index (κ2) is 4.10. The van der Waals surface area contributed by atoms with E-state index in [0.29, 0.717) is 5.92 Å². The second-order valence-corrected chi connectivity index (χ2v) is 4.17. The van der Waals surface area contributed by atoms with E-state index in [0.717, 1.165) is 31.3 Å². The molecule has 0 saturated heterocycles. The lowest BCUT2D eigenvalue weighted by Gasteiger charge is -2.40. The fourth-order valence-corrected chi connectivity index (χ4v) is 2.30. The molecule has 1 fully saturated rings. The molecular formula is C12H20O. The molecule has 0 heterocycles. The van der Waals surface area contributed by atoms with Gasteiger partial charge in [0.15, 0.2) is 0 Å². The topological polar surface area (TPSA) is 20.2 Å². The number of rotatable bonds is 3. The van der Waals surface area contributed by atoms with Crippen molar-refractivity contribution in [2.75, 3.05) is 0 Å². The summed E-state index contributed by atoms with van der Waals surface area (Å²) in [6, 6.07) is 0. The third-order valence-corrected chi connectivity index (χ3v) is 3.23. The Morgan fingerprint density at radius 1 is 1.62 bits per heavy atom. The molecule has 0 unspecified atom stereocenters. The summed E-state index contributed by atoms with van der Waals surface area (Å²) in [5.41, 5.74) is 0.297. The van der Waals surface area contributed by atoms with Gasteiger partial charge in [-0.05, 0) is 37.7 Å². The molecule has 0 amide bonds. The van der Waals surface area contributed by atoms with Gasteiger partial charge in [0.2, 0.25) is 0 Å². The van der Waals surface area contributed by atoms with E-state index in [1.807, 2.05) is 13.0 Å². The van der Waals surface area contributed by atoms with Gasteiger partial charge in [-0.2, -0.15) is 0 Å². The van der Waals surface area contributed by atoms with Gasteiger partial charge in [-0.1, -0.05) is 25.5 Å². The fraction of sp³-hybridized carbons (Fsp3) is 0.667. The van der Waals surface area contributed by atoms with Crippen molar-refractivity contribution in [3.05, 3.63) is 24.8 Å². The standard InChI is InChI=1S/C12H20O/c1-4-7-11-8-5-6-9-12(11,13)10(2)3/h4,11,13H,1-2,5-9H2,3H3/t11-,12+/m1/s1. The van der Waals surface area contributed by atoms with Crippen LogP contribution in [0.25, 0.3) is 0 Å². The highest BCUT2D eigenvalue weighted by Gasteiger charge is 2.38. The minimum Gasteiger partial charge on any atom is -0.385 e. The van der Waals surface area contributed by atoms with Crippen LogP contribution >= 0.6 is 0 Å². The molecule has 1 aliphatic carbocycles. The summed E-state index contributed by atoms with van der Waals surface area (Å²) in [7, 11) is 0. The smallest absolute Gasteiger partial charge is 0.0882 e. The number of hydrogen-bond donors (Lipinski definition) is 1. The molecular weight excluding hydrogens is 160 g/mol. The average Bonchev–Trinajstić information content (AvgIpc) is 2.09. The summed E-state index contributed by atoms with van der Waals surface area (Å²) in [4.78, 5) is 0. The predicted molar refractivity (Wildman–Crippen MR) is 56.5 cm³/mol. The van der Waals surface area contributed by atoms with E-state index in [-0.39, 0.29) is 0 Å². The van der Waals surface area contributed by atoms with Gasteiger partial charge in [0, 0.05) is 0 Å². The summed E-state index contributed by atoms with van der Waals surface area (Å²) in [5, 5.41) is 10.4. The minimum atomic E-state index is -0.619. The second-order valence-electron chi connectivity index (χ2n) is 4.17. The van der Waals surface area contributed by atoms with Crippen LogP contribution < -0.4 is 0 Å². The SMILES string of the molecule is C=CC[C@@H]1CCCC[C@]1(O)C(=C)C. The van der Waals surface area contributed by atoms with Gasteiger partial charge in [0.05, 0.1) is 5.60 Å². The van der Waals surface area contributed by atoms with Crippen molar-refractivity contribution in [3.63, 3.8) is 0 Å². The highest BCUT2D eigenvalue weighted by molar-refractivity contribution is 5.14.